The number of anilines is 2. The topological polar surface area (TPSA) is 81.2 Å². The summed E-state index contributed by atoms with van der Waals surface area (Å²) in [6.45, 7) is 3.27. The lowest BCUT2D eigenvalue weighted by molar-refractivity contribution is -0.132. The third kappa shape index (κ3) is 3.79. The van der Waals surface area contributed by atoms with Gasteiger partial charge in [0.2, 0.25) is 21.8 Å². The molecule has 4 heterocycles. The molecule has 4 aliphatic rings. The smallest absolute Gasteiger partial charge is 0.250 e. The molecule has 32 heavy (non-hydrogen) atoms. The molecule has 0 aliphatic carbocycles. The van der Waals surface area contributed by atoms with Gasteiger partial charge < -0.3 is 9.80 Å². The zero-order valence-electron chi connectivity index (χ0n) is 18.5. The molecule has 4 aliphatic heterocycles. The minimum atomic E-state index is -3.61. The molecule has 3 saturated heterocycles. The third-order valence-corrected chi connectivity index (χ3v) is 9.20. The summed E-state index contributed by atoms with van der Waals surface area (Å²) in [5, 5.41) is 0. The Kier molecular flexibility index (Phi) is 5.88. The quantitative estimate of drug-likeness (QED) is 0.688. The van der Waals surface area contributed by atoms with Crippen LogP contribution in [-0.2, 0) is 19.6 Å². The summed E-state index contributed by atoms with van der Waals surface area (Å²) >= 11 is 0. The van der Waals surface area contributed by atoms with Crippen LogP contribution in [0.3, 0.4) is 0 Å². The molecule has 0 bridgehead atoms. The van der Waals surface area contributed by atoms with Crippen molar-refractivity contribution in [2.75, 3.05) is 49.1 Å². The summed E-state index contributed by atoms with van der Waals surface area (Å²) in [6.07, 6.45) is 7.60. The molecule has 0 aromatic heterocycles. The van der Waals surface area contributed by atoms with E-state index in [4.69, 9.17) is 0 Å². The molecule has 3 fully saturated rings. The average molecular weight is 461 g/mol. The lowest BCUT2D eigenvalue weighted by Crippen LogP contribution is -2.57. The first-order chi connectivity index (χ1) is 15.5. The molecule has 0 spiro atoms. The fourth-order valence-electron chi connectivity index (χ4n) is 5.52. The molecule has 0 saturated carbocycles. The van der Waals surface area contributed by atoms with Gasteiger partial charge in [-0.3, -0.25) is 14.5 Å². The lowest BCUT2D eigenvalue weighted by atomic mass is 9.96. The molecule has 0 radical (unpaired) electrons. The van der Waals surface area contributed by atoms with Gasteiger partial charge in [-0.1, -0.05) is 0 Å². The zero-order valence-corrected chi connectivity index (χ0v) is 19.4. The van der Waals surface area contributed by atoms with Gasteiger partial charge in [-0.05, 0) is 69.6 Å². The van der Waals surface area contributed by atoms with Crippen molar-refractivity contribution in [3.63, 3.8) is 0 Å². The normalized spacial score (nSPS) is 24.4. The highest BCUT2D eigenvalue weighted by molar-refractivity contribution is 7.89. The Morgan fingerprint density at radius 1 is 0.875 bits per heavy atom. The summed E-state index contributed by atoms with van der Waals surface area (Å²) < 4.78 is 27.9. The molecule has 1 unspecified atom stereocenters. The van der Waals surface area contributed by atoms with Crippen LogP contribution in [0.4, 0.5) is 11.4 Å². The van der Waals surface area contributed by atoms with E-state index in [9.17, 15) is 18.0 Å². The van der Waals surface area contributed by atoms with Crippen molar-refractivity contribution in [3.8, 4) is 0 Å². The predicted molar refractivity (Wildman–Crippen MR) is 122 cm³/mol. The van der Waals surface area contributed by atoms with Crippen molar-refractivity contribution in [1.29, 1.82) is 0 Å². The number of hydrogen-bond donors (Lipinski definition) is 0. The largest absolute Gasteiger partial charge is 0.358 e. The summed E-state index contributed by atoms with van der Waals surface area (Å²) in [5.74, 6) is -0.139. The van der Waals surface area contributed by atoms with Gasteiger partial charge in [-0.25, -0.2) is 8.42 Å². The lowest BCUT2D eigenvalue weighted by Gasteiger charge is -2.45. The number of nitrogens with zero attached hydrogens (tertiary/aromatic N) is 4. The van der Waals surface area contributed by atoms with Crippen LogP contribution in [0.2, 0.25) is 0 Å². The van der Waals surface area contributed by atoms with Crippen molar-refractivity contribution >= 4 is 33.2 Å². The van der Waals surface area contributed by atoms with Crippen molar-refractivity contribution in [2.45, 2.75) is 62.3 Å². The first kappa shape index (κ1) is 21.7. The maximum atomic E-state index is 13.5. The van der Waals surface area contributed by atoms with Gasteiger partial charge in [0.1, 0.15) is 12.6 Å². The minimum Gasteiger partial charge on any atom is -0.358 e. The summed E-state index contributed by atoms with van der Waals surface area (Å²) in [7, 11) is -3.61. The maximum absolute atomic E-state index is 13.5. The van der Waals surface area contributed by atoms with Crippen LogP contribution in [0.25, 0.3) is 0 Å². The van der Waals surface area contributed by atoms with Crippen LogP contribution in [-0.4, -0.2) is 74.7 Å². The van der Waals surface area contributed by atoms with Crippen LogP contribution in [0.1, 0.15) is 51.4 Å². The third-order valence-electron chi connectivity index (χ3n) is 7.31. The molecule has 1 atom stereocenters. The fourth-order valence-corrected chi connectivity index (χ4v) is 7.05. The number of fused-ring (bicyclic) bond motifs is 3. The Morgan fingerprint density at radius 2 is 1.56 bits per heavy atom. The second-order valence-electron chi connectivity index (χ2n) is 9.33. The fraction of sp³-hybridized carbons (Fsp3) is 0.652. The number of benzene rings is 1. The van der Waals surface area contributed by atoms with Crippen molar-refractivity contribution < 1.29 is 18.0 Å². The van der Waals surface area contributed by atoms with E-state index in [0.717, 1.165) is 76.7 Å². The number of likely N-dealkylation sites (tertiary alicyclic amines) is 1. The molecule has 1 aromatic rings. The zero-order chi connectivity index (χ0) is 22.3. The molecule has 5 rings (SSSR count). The molecule has 2 amide bonds. The molecular weight excluding hydrogens is 428 g/mol. The Hall–Kier alpha value is -2.13. The van der Waals surface area contributed by atoms with E-state index in [2.05, 4.69) is 4.90 Å². The number of piperidine rings is 2. The van der Waals surface area contributed by atoms with Gasteiger partial charge >= 0.3 is 0 Å². The molecule has 1 aromatic carbocycles. The van der Waals surface area contributed by atoms with Crippen LogP contribution in [0.15, 0.2) is 23.1 Å². The summed E-state index contributed by atoms with van der Waals surface area (Å²) in [6, 6.07) is 4.85. The monoisotopic (exact) mass is 460 g/mol. The minimum absolute atomic E-state index is 0.0244. The van der Waals surface area contributed by atoms with E-state index < -0.39 is 10.0 Å². The number of carbonyl (C=O) groups excluding carboxylic acids is 2. The van der Waals surface area contributed by atoms with Crippen molar-refractivity contribution in [3.05, 3.63) is 18.2 Å². The van der Waals surface area contributed by atoms with E-state index in [1.165, 1.54) is 4.31 Å². The highest BCUT2D eigenvalue weighted by Gasteiger charge is 2.41. The summed E-state index contributed by atoms with van der Waals surface area (Å²) in [4.78, 5) is 32.3. The maximum Gasteiger partial charge on any atom is 0.250 e. The van der Waals surface area contributed by atoms with Gasteiger partial charge in [0.25, 0.3) is 0 Å². The van der Waals surface area contributed by atoms with Crippen molar-refractivity contribution in [1.82, 2.24) is 9.21 Å². The van der Waals surface area contributed by atoms with E-state index in [-0.39, 0.29) is 29.3 Å². The highest BCUT2D eigenvalue weighted by atomic mass is 32.2. The standard InChI is InChI=1S/C23H32N4O4S/c28-22(24-11-3-1-4-12-24)17-27-21-16-18(32(30,31)25-13-6-7-14-25)9-10-19(21)26-15-5-2-8-20(26)23(27)29/h9-10,16,20H,1-8,11-15,17H2. The predicted octanol–water partition coefficient (Wildman–Crippen LogP) is 2.19. The second-order valence-corrected chi connectivity index (χ2v) is 11.3. The summed E-state index contributed by atoms with van der Waals surface area (Å²) in [5.41, 5.74) is 1.42. The number of amides is 2. The SMILES string of the molecule is O=C(CN1C(=O)C2CCCCN2c2ccc(S(=O)(=O)N3CCCC3)cc21)N1CCCCC1. The van der Waals surface area contributed by atoms with Crippen LogP contribution in [0.5, 0.6) is 0 Å². The number of rotatable bonds is 4. The molecule has 0 N–H and O–H groups in total. The second kappa shape index (κ2) is 8.67. The number of hydrogen-bond acceptors (Lipinski definition) is 5. The van der Waals surface area contributed by atoms with Gasteiger partial charge in [0.05, 0.1) is 16.3 Å². The van der Waals surface area contributed by atoms with E-state index in [0.29, 0.717) is 18.8 Å². The molecule has 8 nitrogen and oxygen atoms in total. The van der Waals surface area contributed by atoms with Crippen LogP contribution < -0.4 is 9.80 Å². The van der Waals surface area contributed by atoms with Crippen molar-refractivity contribution in [2.24, 2.45) is 0 Å². The van der Waals surface area contributed by atoms with E-state index >= 15 is 0 Å². The Labute approximate surface area is 190 Å². The first-order valence-electron chi connectivity index (χ1n) is 12.0. The first-order valence-corrected chi connectivity index (χ1v) is 13.4. The number of sulfonamides is 1. The molecular formula is C23H32N4O4S. The molecule has 174 valence electrons. The van der Waals surface area contributed by atoms with E-state index in [1.807, 2.05) is 11.0 Å². The number of carbonyl (C=O) groups is 2. The Bertz CT molecular complexity index is 999. The van der Waals surface area contributed by atoms with Crippen LogP contribution in [0, 0.1) is 0 Å². The van der Waals surface area contributed by atoms with Gasteiger partial charge in [0, 0.05) is 32.7 Å². The van der Waals surface area contributed by atoms with Crippen LogP contribution >= 0.6 is 0 Å². The van der Waals surface area contributed by atoms with Gasteiger partial charge in [-0.15, -0.1) is 0 Å². The molecule has 9 heteroatoms. The average Bonchev–Trinajstić information content (AvgIpc) is 3.38. The van der Waals surface area contributed by atoms with E-state index in [1.54, 1.807) is 17.0 Å². The van der Waals surface area contributed by atoms with Gasteiger partial charge in [-0.2, -0.15) is 4.31 Å². The highest BCUT2D eigenvalue weighted by Crippen LogP contribution is 2.41. The Morgan fingerprint density at radius 3 is 2.31 bits per heavy atom. The van der Waals surface area contributed by atoms with Gasteiger partial charge in [0.15, 0.2) is 0 Å². The Balaban J connectivity index is 1.51.